The van der Waals surface area contributed by atoms with Crippen LogP contribution < -0.4 is 5.56 Å². The molecule has 0 aliphatic carbocycles. The molecule has 0 aliphatic rings. The van der Waals surface area contributed by atoms with Gasteiger partial charge in [-0.2, -0.15) is 5.26 Å². The second kappa shape index (κ2) is 2.89. The fourth-order valence-electron chi connectivity index (χ4n) is 0.681. The summed E-state index contributed by atoms with van der Waals surface area (Å²) in [7, 11) is 0. The Balaban J connectivity index is 3.48. The highest BCUT2D eigenvalue weighted by Crippen LogP contribution is 2.11. The SMILES string of the molecule is Cc1cc(Br)c(C#N)[nH]c1=O. The molecule has 1 heterocycles. The van der Waals surface area contributed by atoms with E-state index in [1.165, 1.54) is 0 Å². The first-order chi connectivity index (χ1) is 5.15. The molecule has 56 valence electrons. The molecule has 0 aliphatic heterocycles. The van der Waals surface area contributed by atoms with E-state index in [-0.39, 0.29) is 11.3 Å². The Labute approximate surface area is 71.8 Å². The number of pyridine rings is 1. The number of hydrogen-bond donors (Lipinski definition) is 1. The number of hydrogen-bond acceptors (Lipinski definition) is 2. The van der Waals surface area contributed by atoms with E-state index in [1.54, 1.807) is 13.0 Å². The fraction of sp³-hybridized carbons (Fsp3) is 0.143. The van der Waals surface area contributed by atoms with Crippen molar-refractivity contribution in [2.75, 3.05) is 0 Å². The minimum Gasteiger partial charge on any atom is -0.313 e. The molecule has 11 heavy (non-hydrogen) atoms. The summed E-state index contributed by atoms with van der Waals surface area (Å²) in [5, 5.41) is 8.48. The number of nitriles is 1. The van der Waals surface area contributed by atoms with Crippen LogP contribution in [0.25, 0.3) is 0 Å². The van der Waals surface area contributed by atoms with Gasteiger partial charge in [-0.15, -0.1) is 0 Å². The summed E-state index contributed by atoms with van der Waals surface area (Å²) in [5.41, 5.74) is 0.640. The highest BCUT2D eigenvalue weighted by molar-refractivity contribution is 9.10. The topological polar surface area (TPSA) is 56.6 Å². The van der Waals surface area contributed by atoms with Crippen LogP contribution in [0.15, 0.2) is 15.3 Å². The van der Waals surface area contributed by atoms with Crippen LogP contribution in [-0.4, -0.2) is 4.98 Å². The van der Waals surface area contributed by atoms with Crippen molar-refractivity contribution in [3.63, 3.8) is 0 Å². The number of nitrogens with zero attached hydrogens (tertiary/aromatic N) is 1. The first kappa shape index (κ1) is 8.02. The zero-order valence-electron chi connectivity index (χ0n) is 5.81. The van der Waals surface area contributed by atoms with E-state index < -0.39 is 0 Å². The predicted molar refractivity (Wildman–Crippen MR) is 44.2 cm³/mol. The molecular weight excluding hydrogens is 208 g/mol. The third-order valence-electron chi connectivity index (χ3n) is 1.29. The molecule has 0 radical (unpaired) electrons. The Morgan fingerprint density at radius 1 is 1.73 bits per heavy atom. The molecule has 0 bridgehead atoms. The van der Waals surface area contributed by atoms with E-state index in [0.29, 0.717) is 10.0 Å². The monoisotopic (exact) mass is 212 g/mol. The molecule has 0 saturated carbocycles. The van der Waals surface area contributed by atoms with Crippen LogP contribution >= 0.6 is 15.9 Å². The summed E-state index contributed by atoms with van der Waals surface area (Å²) in [6.07, 6.45) is 0. The Hall–Kier alpha value is -1.08. The van der Waals surface area contributed by atoms with Crippen LogP contribution in [0.2, 0.25) is 0 Å². The van der Waals surface area contributed by atoms with Crippen LogP contribution in [0.1, 0.15) is 11.3 Å². The average Bonchev–Trinajstić information content (AvgIpc) is 1.97. The van der Waals surface area contributed by atoms with Gasteiger partial charge in [0.1, 0.15) is 11.8 Å². The number of halogens is 1. The molecule has 0 saturated heterocycles. The highest BCUT2D eigenvalue weighted by atomic mass is 79.9. The van der Waals surface area contributed by atoms with Gasteiger partial charge in [0, 0.05) is 5.56 Å². The van der Waals surface area contributed by atoms with Gasteiger partial charge in [0.25, 0.3) is 5.56 Å². The first-order valence-electron chi connectivity index (χ1n) is 2.94. The molecule has 1 aromatic heterocycles. The number of H-pyrrole nitrogens is 1. The fourth-order valence-corrected chi connectivity index (χ4v) is 1.21. The third-order valence-corrected chi connectivity index (χ3v) is 1.92. The Morgan fingerprint density at radius 2 is 2.36 bits per heavy atom. The van der Waals surface area contributed by atoms with E-state index in [0.717, 1.165) is 0 Å². The van der Waals surface area contributed by atoms with Gasteiger partial charge in [0.05, 0.1) is 4.47 Å². The third kappa shape index (κ3) is 1.49. The van der Waals surface area contributed by atoms with Crippen LogP contribution in [0, 0.1) is 18.3 Å². The van der Waals surface area contributed by atoms with Gasteiger partial charge in [-0.25, -0.2) is 0 Å². The van der Waals surface area contributed by atoms with Gasteiger partial charge in [-0.3, -0.25) is 4.79 Å². The van der Waals surface area contributed by atoms with E-state index in [9.17, 15) is 4.79 Å². The molecule has 1 rings (SSSR count). The first-order valence-corrected chi connectivity index (χ1v) is 3.74. The lowest BCUT2D eigenvalue weighted by Crippen LogP contribution is -2.10. The molecule has 0 unspecified atom stereocenters. The van der Waals surface area contributed by atoms with Gasteiger partial charge in [0.15, 0.2) is 0 Å². The molecule has 0 spiro atoms. The molecule has 3 nitrogen and oxygen atoms in total. The highest BCUT2D eigenvalue weighted by Gasteiger charge is 2.01. The van der Waals surface area contributed by atoms with E-state index in [4.69, 9.17) is 5.26 Å². The smallest absolute Gasteiger partial charge is 0.251 e. The second-order valence-electron chi connectivity index (χ2n) is 2.12. The Bertz CT molecular complexity index is 375. The van der Waals surface area contributed by atoms with Crippen molar-refractivity contribution in [2.24, 2.45) is 0 Å². The van der Waals surface area contributed by atoms with Crippen molar-refractivity contribution in [2.45, 2.75) is 6.92 Å². The number of aromatic nitrogens is 1. The molecule has 1 aromatic rings. The van der Waals surface area contributed by atoms with Gasteiger partial charge in [-0.1, -0.05) is 0 Å². The molecule has 1 N–H and O–H groups in total. The molecular formula is C7H5BrN2O. The van der Waals surface area contributed by atoms with E-state index in [1.807, 2.05) is 6.07 Å². The van der Waals surface area contributed by atoms with Crippen LogP contribution in [0.4, 0.5) is 0 Å². The zero-order valence-corrected chi connectivity index (χ0v) is 7.40. The van der Waals surface area contributed by atoms with E-state index in [2.05, 4.69) is 20.9 Å². The summed E-state index contributed by atoms with van der Waals surface area (Å²) < 4.78 is 0.622. The molecule has 0 atom stereocenters. The van der Waals surface area contributed by atoms with Crippen molar-refractivity contribution in [1.82, 2.24) is 4.98 Å². The van der Waals surface area contributed by atoms with Crippen LogP contribution in [0.5, 0.6) is 0 Å². The van der Waals surface area contributed by atoms with E-state index >= 15 is 0 Å². The number of aromatic amines is 1. The average molecular weight is 213 g/mol. The summed E-state index contributed by atoms with van der Waals surface area (Å²) in [6, 6.07) is 3.48. The quantitative estimate of drug-likeness (QED) is 0.706. The molecule has 4 heteroatoms. The maximum absolute atomic E-state index is 10.9. The van der Waals surface area contributed by atoms with Crippen molar-refractivity contribution in [1.29, 1.82) is 5.26 Å². The maximum Gasteiger partial charge on any atom is 0.251 e. The van der Waals surface area contributed by atoms with Crippen LogP contribution in [-0.2, 0) is 0 Å². The van der Waals surface area contributed by atoms with Gasteiger partial charge in [0.2, 0.25) is 0 Å². The maximum atomic E-state index is 10.9. The lowest BCUT2D eigenvalue weighted by atomic mass is 10.3. The summed E-state index contributed by atoms with van der Waals surface area (Å²) >= 11 is 3.15. The van der Waals surface area contributed by atoms with Crippen molar-refractivity contribution < 1.29 is 0 Å². The Kier molecular flexibility index (Phi) is 2.11. The standard InChI is InChI=1S/C7H5BrN2O/c1-4-2-5(8)6(3-9)10-7(4)11/h2H,1H3,(H,10,11). The summed E-state index contributed by atoms with van der Waals surface area (Å²) in [6.45, 7) is 1.69. The van der Waals surface area contributed by atoms with Gasteiger partial charge < -0.3 is 4.98 Å². The minimum absolute atomic E-state index is 0.218. The number of rotatable bonds is 0. The molecule has 0 fully saturated rings. The number of nitrogens with one attached hydrogen (secondary N) is 1. The second-order valence-corrected chi connectivity index (χ2v) is 2.97. The van der Waals surface area contributed by atoms with Crippen molar-refractivity contribution in [3.8, 4) is 6.07 Å². The van der Waals surface area contributed by atoms with Gasteiger partial charge in [-0.05, 0) is 28.9 Å². The predicted octanol–water partition coefficient (Wildman–Crippen LogP) is 1.32. The van der Waals surface area contributed by atoms with Gasteiger partial charge >= 0.3 is 0 Å². The Morgan fingerprint density at radius 3 is 2.91 bits per heavy atom. The van der Waals surface area contributed by atoms with Crippen molar-refractivity contribution in [3.05, 3.63) is 32.2 Å². The largest absolute Gasteiger partial charge is 0.313 e. The summed E-state index contributed by atoms with van der Waals surface area (Å²) in [5.74, 6) is 0. The van der Waals surface area contributed by atoms with Crippen molar-refractivity contribution >= 4 is 15.9 Å². The normalized spacial score (nSPS) is 9.18. The lowest BCUT2D eigenvalue weighted by Gasteiger charge is -1.94. The zero-order chi connectivity index (χ0) is 8.43. The summed E-state index contributed by atoms with van der Waals surface area (Å²) in [4.78, 5) is 13.4. The minimum atomic E-state index is -0.218. The molecule has 0 amide bonds. The van der Waals surface area contributed by atoms with Crippen LogP contribution in [0.3, 0.4) is 0 Å². The number of aryl methyl sites for hydroxylation is 1. The molecule has 0 aromatic carbocycles. The lowest BCUT2D eigenvalue weighted by molar-refractivity contribution is 1.13.